The molecule has 0 atom stereocenters. The second-order valence-electron chi connectivity index (χ2n) is 5.62. The lowest BCUT2D eigenvalue weighted by Crippen LogP contribution is -1.99. The highest BCUT2D eigenvalue weighted by Gasteiger charge is 2.16. The number of rotatable bonds is 2. The summed E-state index contributed by atoms with van der Waals surface area (Å²) in [6.07, 6.45) is 1.60. The summed E-state index contributed by atoms with van der Waals surface area (Å²) in [6, 6.07) is 13.2. The van der Waals surface area contributed by atoms with E-state index in [1.165, 1.54) is 12.1 Å². The van der Waals surface area contributed by atoms with Gasteiger partial charge in [0.1, 0.15) is 12.1 Å². The van der Waals surface area contributed by atoms with Gasteiger partial charge in [0.2, 0.25) is 0 Å². The normalized spacial score (nSPS) is 11.5. The Hall–Kier alpha value is -3.39. The van der Waals surface area contributed by atoms with Gasteiger partial charge in [0.05, 0.1) is 5.69 Å². The Bertz CT molecular complexity index is 1140. The standard InChI is InChI=1S/C17H9ClFN7/c18-11-3-7-13(8-4-11)26-16-14(21-24-26)17-23-22-15(25(17)9-20-16)10-1-5-12(19)6-2-10/h1-9H. The zero-order valence-electron chi connectivity index (χ0n) is 13.1. The molecule has 3 heterocycles. The van der Waals surface area contributed by atoms with Crippen molar-refractivity contribution in [1.82, 2.24) is 34.6 Å². The highest BCUT2D eigenvalue weighted by atomic mass is 35.5. The van der Waals surface area contributed by atoms with Gasteiger partial charge < -0.3 is 0 Å². The van der Waals surface area contributed by atoms with Crippen molar-refractivity contribution >= 4 is 28.4 Å². The monoisotopic (exact) mass is 365 g/mol. The van der Waals surface area contributed by atoms with Gasteiger partial charge in [-0.1, -0.05) is 16.8 Å². The number of hydrogen-bond acceptors (Lipinski definition) is 5. The zero-order valence-corrected chi connectivity index (χ0v) is 13.8. The first kappa shape index (κ1) is 14.9. The lowest BCUT2D eigenvalue weighted by atomic mass is 10.2. The Morgan fingerprint density at radius 3 is 2.38 bits per heavy atom. The highest BCUT2D eigenvalue weighted by Crippen LogP contribution is 2.23. The number of halogens is 2. The van der Waals surface area contributed by atoms with Crippen molar-refractivity contribution in [1.29, 1.82) is 0 Å². The minimum Gasteiger partial charge on any atom is -0.263 e. The first-order chi connectivity index (χ1) is 12.7. The molecular formula is C17H9ClFN7. The van der Waals surface area contributed by atoms with E-state index in [1.54, 1.807) is 39.7 Å². The molecule has 0 fully saturated rings. The maximum absolute atomic E-state index is 13.2. The molecule has 0 saturated heterocycles. The molecule has 5 rings (SSSR count). The van der Waals surface area contributed by atoms with Gasteiger partial charge >= 0.3 is 0 Å². The van der Waals surface area contributed by atoms with Crippen LogP contribution in [0.2, 0.25) is 5.02 Å². The quantitative estimate of drug-likeness (QED) is 0.480. The summed E-state index contributed by atoms with van der Waals surface area (Å²) < 4.78 is 16.5. The Morgan fingerprint density at radius 1 is 0.846 bits per heavy atom. The van der Waals surface area contributed by atoms with Crippen LogP contribution in [0.1, 0.15) is 0 Å². The predicted octanol–water partition coefficient (Wildman–Crippen LogP) is 3.32. The van der Waals surface area contributed by atoms with Crippen molar-refractivity contribution in [2.75, 3.05) is 0 Å². The summed E-state index contributed by atoms with van der Waals surface area (Å²) in [5, 5.41) is 17.4. The summed E-state index contributed by atoms with van der Waals surface area (Å²) in [6.45, 7) is 0. The molecule has 126 valence electrons. The molecule has 0 aliphatic heterocycles. The molecular weight excluding hydrogens is 357 g/mol. The third-order valence-corrected chi connectivity index (χ3v) is 4.28. The van der Waals surface area contributed by atoms with Crippen molar-refractivity contribution < 1.29 is 4.39 Å². The van der Waals surface area contributed by atoms with Crippen LogP contribution in [0.3, 0.4) is 0 Å². The van der Waals surface area contributed by atoms with E-state index in [2.05, 4.69) is 25.5 Å². The molecule has 26 heavy (non-hydrogen) atoms. The van der Waals surface area contributed by atoms with Crippen molar-refractivity contribution in [2.45, 2.75) is 0 Å². The van der Waals surface area contributed by atoms with Gasteiger partial charge in [-0.25, -0.2) is 9.37 Å². The number of aromatic nitrogens is 7. The SMILES string of the molecule is Fc1ccc(-c2nnc3c4nnn(-c5ccc(Cl)cc5)c4ncn23)cc1. The smallest absolute Gasteiger partial charge is 0.194 e. The summed E-state index contributed by atoms with van der Waals surface area (Å²) in [7, 11) is 0. The minimum atomic E-state index is -0.311. The first-order valence-electron chi connectivity index (χ1n) is 7.68. The fraction of sp³-hybridized carbons (Fsp3) is 0. The highest BCUT2D eigenvalue weighted by molar-refractivity contribution is 6.30. The van der Waals surface area contributed by atoms with E-state index in [1.807, 2.05) is 12.1 Å². The molecule has 0 bridgehead atoms. The lowest BCUT2D eigenvalue weighted by molar-refractivity contribution is 0.628. The van der Waals surface area contributed by atoms with Crippen LogP contribution in [0.5, 0.6) is 0 Å². The van der Waals surface area contributed by atoms with Gasteiger partial charge in [0, 0.05) is 10.6 Å². The minimum absolute atomic E-state index is 0.311. The molecule has 0 amide bonds. The van der Waals surface area contributed by atoms with E-state index >= 15 is 0 Å². The Balaban J connectivity index is 1.70. The van der Waals surface area contributed by atoms with Crippen LogP contribution in [-0.2, 0) is 0 Å². The van der Waals surface area contributed by atoms with Gasteiger partial charge in [0.25, 0.3) is 0 Å². The molecule has 0 N–H and O–H groups in total. The summed E-state index contributed by atoms with van der Waals surface area (Å²) in [4.78, 5) is 4.46. The van der Waals surface area contributed by atoms with Gasteiger partial charge in [-0.3, -0.25) is 4.40 Å². The van der Waals surface area contributed by atoms with E-state index in [9.17, 15) is 4.39 Å². The summed E-state index contributed by atoms with van der Waals surface area (Å²) >= 11 is 5.93. The maximum atomic E-state index is 13.2. The van der Waals surface area contributed by atoms with Crippen LogP contribution in [0.4, 0.5) is 4.39 Å². The summed E-state index contributed by atoms with van der Waals surface area (Å²) in [5.41, 5.74) is 3.10. The average molecular weight is 366 g/mol. The third kappa shape index (κ3) is 2.23. The van der Waals surface area contributed by atoms with Crippen LogP contribution >= 0.6 is 11.6 Å². The number of nitrogens with zero attached hydrogens (tertiary/aromatic N) is 7. The van der Waals surface area contributed by atoms with E-state index in [4.69, 9.17) is 11.6 Å². The Morgan fingerprint density at radius 2 is 1.62 bits per heavy atom. The van der Waals surface area contributed by atoms with Crippen molar-refractivity contribution in [2.24, 2.45) is 0 Å². The molecule has 0 radical (unpaired) electrons. The molecule has 0 aliphatic carbocycles. The van der Waals surface area contributed by atoms with Gasteiger partial charge in [-0.2, -0.15) is 4.68 Å². The number of benzene rings is 2. The van der Waals surface area contributed by atoms with Crippen molar-refractivity contribution in [3.8, 4) is 17.1 Å². The fourth-order valence-electron chi connectivity index (χ4n) is 2.76. The van der Waals surface area contributed by atoms with E-state index in [0.717, 1.165) is 11.3 Å². The van der Waals surface area contributed by atoms with Gasteiger partial charge in [0.15, 0.2) is 22.6 Å². The lowest BCUT2D eigenvalue weighted by Gasteiger charge is -2.02. The molecule has 5 aromatic rings. The molecule has 3 aromatic heterocycles. The molecule has 9 heteroatoms. The van der Waals surface area contributed by atoms with Crippen LogP contribution in [0.15, 0.2) is 54.9 Å². The fourth-order valence-corrected chi connectivity index (χ4v) is 2.89. The first-order valence-corrected chi connectivity index (χ1v) is 8.05. The van der Waals surface area contributed by atoms with E-state index in [0.29, 0.717) is 27.7 Å². The van der Waals surface area contributed by atoms with Crippen LogP contribution in [0, 0.1) is 5.82 Å². The van der Waals surface area contributed by atoms with Crippen LogP contribution < -0.4 is 0 Å². The molecule has 7 nitrogen and oxygen atoms in total. The topological polar surface area (TPSA) is 73.8 Å². The molecule has 0 aliphatic rings. The van der Waals surface area contributed by atoms with Crippen LogP contribution in [-0.4, -0.2) is 34.6 Å². The van der Waals surface area contributed by atoms with Gasteiger partial charge in [-0.15, -0.1) is 15.3 Å². The van der Waals surface area contributed by atoms with E-state index < -0.39 is 0 Å². The Kier molecular flexibility index (Phi) is 3.19. The van der Waals surface area contributed by atoms with Gasteiger partial charge in [-0.05, 0) is 48.5 Å². The second kappa shape index (κ2) is 5.57. The number of hydrogen-bond donors (Lipinski definition) is 0. The van der Waals surface area contributed by atoms with Crippen molar-refractivity contribution in [3.05, 3.63) is 65.7 Å². The Labute approximate surface area is 150 Å². The number of fused-ring (bicyclic) bond motifs is 3. The second-order valence-corrected chi connectivity index (χ2v) is 6.05. The van der Waals surface area contributed by atoms with E-state index in [-0.39, 0.29) is 5.82 Å². The zero-order chi connectivity index (χ0) is 17.7. The maximum Gasteiger partial charge on any atom is 0.194 e. The molecule has 2 aromatic carbocycles. The predicted molar refractivity (Wildman–Crippen MR) is 93.6 cm³/mol. The van der Waals surface area contributed by atoms with Crippen LogP contribution in [0.25, 0.3) is 33.9 Å². The molecule has 0 spiro atoms. The van der Waals surface area contributed by atoms with Crippen molar-refractivity contribution in [3.63, 3.8) is 0 Å². The molecule has 0 saturated carbocycles. The summed E-state index contributed by atoms with van der Waals surface area (Å²) in [5.74, 6) is 0.240. The average Bonchev–Trinajstić information content (AvgIpc) is 3.27. The largest absolute Gasteiger partial charge is 0.263 e. The third-order valence-electron chi connectivity index (χ3n) is 4.02. The molecule has 0 unspecified atom stereocenters.